The summed E-state index contributed by atoms with van der Waals surface area (Å²) in [6, 6.07) is 0. The summed E-state index contributed by atoms with van der Waals surface area (Å²) >= 11 is 0. The van der Waals surface area contributed by atoms with Gasteiger partial charge in [0.05, 0.1) is 0 Å². The van der Waals surface area contributed by atoms with E-state index in [1.807, 2.05) is 16.5 Å². The van der Waals surface area contributed by atoms with Gasteiger partial charge < -0.3 is 0 Å². The summed E-state index contributed by atoms with van der Waals surface area (Å²) in [6.07, 6.45) is 14.8. The molecule has 2 unspecified atom stereocenters. The van der Waals surface area contributed by atoms with Crippen molar-refractivity contribution in [3.05, 3.63) is 22.5 Å². The summed E-state index contributed by atoms with van der Waals surface area (Å²) in [5.74, 6) is 1.04. The van der Waals surface area contributed by atoms with Crippen molar-refractivity contribution in [2.45, 2.75) is 67.8 Å². The second-order valence-corrected chi connectivity index (χ2v) is 12.7. The first-order valence-electron chi connectivity index (χ1n) is 8.64. The van der Waals surface area contributed by atoms with E-state index in [-0.39, 0.29) is 15.8 Å². The van der Waals surface area contributed by atoms with Crippen molar-refractivity contribution in [1.29, 1.82) is 0 Å². The predicted octanol–water partition coefficient (Wildman–Crippen LogP) is 5.67. The Labute approximate surface area is 126 Å². The first kappa shape index (κ1) is 12.8. The summed E-state index contributed by atoms with van der Waals surface area (Å²) in [4.78, 5) is 0. The molecular formula is C18H26P2. The fourth-order valence-electron chi connectivity index (χ4n) is 6.46. The van der Waals surface area contributed by atoms with E-state index in [1.54, 1.807) is 6.42 Å². The Kier molecular flexibility index (Phi) is 2.70. The molecule has 3 aliphatic heterocycles. The molecule has 2 bridgehead atoms. The van der Waals surface area contributed by atoms with Gasteiger partial charge >= 0.3 is 0 Å². The third kappa shape index (κ3) is 1.29. The van der Waals surface area contributed by atoms with Crippen LogP contribution in [0, 0.1) is 5.92 Å². The van der Waals surface area contributed by atoms with Crippen LogP contribution in [0.25, 0.3) is 0 Å². The predicted molar refractivity (Wildman–Crippen MR) is 91.5 cm³/mol. The summed E-state index contributed by atoms with van der Waals surface area (Å²) < 4.78 is 0. The first-order valence-corrected chi connectivity index (χ1v) is 12.4. The molecule has 108 valence electrons. The maximum atomic E-state index is 2.82. The zero-order valence-electron chi connectivity index (χ0n) is 12.9. The van der Waals surface area contributed by atoms with Crippen LogP contribution >= 0.6 is 15.8 Å². The van der Waals surface area contributed by atoms with Gasteiger partial charge in [-0.15, -0.1) is 0 Å². The molecular weight excluding hydrogens is 278 g/mol. The zero-order valence-corrected chi connectivity index (χ0v) is 14.6. The molecule has 0 amide bonds. The molecule has 1 spiro atoms. The van der Waals surface area contributed by atoms with E-state index < -0.39 is 0 Å². The van der Waals surface area contributed by atoms with Crippen LogP contribution in [0.3, 0.4) is 0 Å². The smallest absolute Gasteiger partial charge is 0.0189 e. The summed E-state index contributed by atoms with van der Waals surface area (Å²) in [6.45, 7) is 5.33. The van der Waals surface area contributed by atoms with Crippen molar-refractivity contribution in [3.63, 3.8) is 0 Å². The lowest BCUT2D eigenvalue weighted by molar-refractivity contribution is 0.379. The van der Waals surface area contributed by atoms with Gasteiger partial charge in [0, 0.05) is 22.4 Å². The highest BCUT2D eigenvalue weighted by atomic mass is 31.1. The molecule has 5 rings (SSSR count). The zero-order chi connectivity index (χ0) is 13.5. The van der Waals surface area contributed by atoms with Crippen molar-refractivity contribution in [1.82, 2.24) is 0 Å². The van der Waals surface area contributed by atoms with Crippen LogP contribution in [0.2, 0.25) is 0 Å². The maximum Gasteiger partial charge on any atom is 0.0189 e. The largest absolute Gasteiger partial charge is 0.0909 e. The van der Waals surface area contributed by atoms with Crippen LogP contribution < -0.4 is 0 Å². The Hall–Kier alpha value is 0.340. The summed E-state index contributed by atoms with van der Waals surface area (Å²) in [7, 11) is 0.452. The number of hydrogen-bond acceptors (Lipinski definition) is 0. The second-order valence-electron chi connectivity index (χ2n) is 7.68. The van der Waals surface area contributed by atoms with Crippen LogP contribution in [0.1, 0.15) is 51.4 Å². The Morgan fingerprint density at radius 2 is 1.85 bits per heavy atom. The van der Waals surface area contributed by atoms with Crippen molar-refractivity contribution in [2.75, 3.05) is 13.3 Å². The standard InChI is InChI=1S/C18H26P2/c1-19-14-9-4-3-8-13(14)16-17(19)15-11-12-7-5-6-10-18(12,16)20(15)2/h11,15-17H,3-10H2,1-2H3/t15-,16+,17+,18+,19?,20?/m0/s1. The van der Waals surface area contributed by atoms with Crippen molar-refractivity contribution >= 4 is 15.8 Å². The van der Waals surface area contributed by atoms with Gasteiger partial charge in [-0.05, 0) is 63.6 Å². The highest BCUT2D eigenvalue weighted by molar-refractivity contribution is 7.67. The first-order chi connectivity index (χ1) is 9.75. The van der Waals surface area contributed by atoms with Gasteiger partial charge in [-0.3, -0.25) is 0 Å². The monoisotopic (exact) mass is 304 g/mol. The summed E-state index contributed by atoms with van der Waals surface area (Å²) in [5, 5.41) is 2.72. The number of rotatable bonds is 0. The quantitative estimate of drug-likeness (QED) is 0.399. The maximum absolute atomic E-state index is 2.82. The van der Waals surface area contributed by atoms with E-state index in [4.69, 9.17) is 0 Å². The van der Waals surface area contributed by atoms with E-state index in [0.717, 1.165) is 17.2 Å². The molecule has 2 heteroatoms. The second kappa shape index (κ2) is 4.20. The third-order valence-electron chi connectivity index (χ3n) is 7.19. The van der Waals surface area contributed by atoms with E-state index in [0.29, 0.717) is 5.16 Å². The van der Waals surface area contributed by atoms with E-state index in [1.165, 1.54) is 44.9 Å². The molecule has 0 radical (unpaired) electrons. The third-order valence-corrected chi connectivity index (χ3v) is 13.7. The van der Waals surface area contributed by atoms with Crippen LogP contribution in [0.15, 0.2) is 22.5 Å². The Balaban J connectivity index is 1.68. The highest BCUT2D eigenvalue weighted by Gasteiger charge is 2.67. The number of fused-ring (bicyclic) bond motifs is 4. The average Bonchev–Trinajstić information content (AvgIpc) is 3.03. The SMILES string of the molecule is CP1C2=C(CCCC2)[C@@H]2[C@H]1[C@@H]1C=C3CCCC[C@@]32P1C. The van der Waals surface area contributed by atoms with E-state index >= 15 is 0 Å². The number of allylic oxidation sites excluding steroid dienone is 4. The van der Waals surface area contributed by atoms with E-state index in [9.17, 15) is 0 Å². The Morgan fingerprint density at radius 1 is 1.05 bits per heavy atom. The average molecular weight is 304 g/mol. The van der Waals surface area contributed by atoms with Crippen LogP contribution in [-0.2, 0) is 0 Å². The van der Waals surface area contributed by atoms with Gasteiger partial charge in [-0.25, -0.2) is 0 Å². The van der Waals surface area contributed by atoms with Crippen molar-refractivity contribution < 1.29 is 0 Å². The Morgan fingerprint density at radius 3 is 2.75 bits per heavy atom. The van der Waals surface area contributed by atoms with Gasteiger partial charge in [0.15, 0.2) is 0 Å². The number of hydrogen-bond donors (Lipinski definition) is 0. The highest BCUT2D eigenvalue weighted by Crippen LogP contribution is 2.83. The minimum Gasteiger partial charge on any atom is -0.0909 e. The molecule has 6 atom stereocenters. The van der Waals surface area contributed by atoms with Gasteiger partial charge in [-0.2, -0.15) is 0 Å². The molecule has 20 heavy (non-hydrogen) atoms. The molecule has 0 aromatic carbocycles. The molecule has 5 aliphatic rings. The minimum atomic E-state index is 0.210. The minimum absolute atomic E-state index is 0.210. The molecule has 0 nitrogen and oxygen atoms in total. The lowest BCUT2D eigenvalue weighted by atomic mass is 9.67. The fourth-order valence-corrected chi connectivity index (χ4v) is 14.3. The molecule has 1 saturated heterocycles. The van der Waals surface area contributed by atoms with Gasteiger partial charge in [0.1, 0.15) is 0 Å². The molecule has 0 aromatic heterocycles. The molecule has 1 saturated carbocycles. The van der Waals surface area contributed by atoms with Gasteiger partial charge in [0.25, 0.3) is 0 Å². The van der Waals surface area contributed by atoms with Crippen LogP contribution in [0.5, 0.6) is 0 Å². The van der Waals surface area contributed by atoms with Crippen molar-refractivity contribution in [2.24, 2.45) is 5.92 Å². The topological polar surface area (TPSA) is 0 Å². The normalized spacial score (nSPS) is 52.7. The molecule has 0 N–H and O–H groups in total. The molecule has 3 heterocycles. The molecule has 2 aliphatic carbocycles. The molecule has 2 fully saturated rings. The van der Waals surface area contributed by atoms with Gasteiger partial charge in [0.2, 0.25) is 0 Å². The fraction of sp³-hybridized carbons (Fsp3) is 0.778. The van der Waals surface area contributed by atoms with Crippen molar-refractivity contribution in [3.8, 4) is 0 Å². The lowest BCUT2D eigenvalue weighted by Gasteiger charge is -2.44. The van der Waals surface area contributed by atoms with E-state index in [2.05, 4.69) is 19.4 Å². The summed E-state index contributed by atoms with van der Waals surface area (Å²) in [5.41, 5.74) is 6.08. The van der Waals surface area contributed by atoms with Crippen LogP contribution in [0.4, 0.5) is 0 Å². The van der Waals surface area contributed by atoms with Gasteiger partial charge in [-0.1, -0.05) is 39.5 Å². The Bertz CT molecular complexity index is 532. The lowest BCUT2D eigenvalue weighted by Crippen LogP contribution is -2.40. The van der Waals surface area contributed by atoms with Crippen LogP contribution in [-0.4, -0.2) is 29.8 Å². The molecule has 0 aromatic rings.